The lowest BCUT2D eigenvalue weighted by atomic mass is 10.1. The van der Waals surface area contributed by atoms with Crippen molar-refractivity contribution in [1.29, 1.82) is 0 Å². The fourth-order valence-corrected chi connectivity index (χ4v) is 5.76. The standard InChI is InChI=1S/C19H24N4O5S2/c1-19(2,3)28-18(25)22-8-6-21(7-9-22)16(24)13-4-5-14-15(12-13)29-17-20-30(26,27)11-10-23(14)17/h4-5,12H,6-11H2,1-3H3. The molecular formula is C19H24N4O5S2. The van der Waals surface area contributed by atoms with E-state index in [1.54, 1.807) is 21.9 Å². The maximum absolute atomic E-state index is 13.0. The molecule has 11 heteroatoms. The highest BCUT2D eigenvalue weighted by molar-refractivity contribution is 8.15. The first-order valence-corrected chi connectivity index (χ1v) is 12.1. The molecule has 3 aliphatic heterocycles. The Bertz CT molecular complexity index is 1020. The van der Waals surface area contributed by atoms with Crippen molar-refractivity contribution in [3.8, 4) is 0 Å². The fraction of sp³-hybridized carbons (Fsp3) is 0.526. The molecule has 0 aliphatic carbocycles. The average Bonchev–Trinajstić information content (AvgIpc) is 3.01. The van der Waals surface area contributed by atoms with Gasteiger partial charge in [-0.25, -0.2) is 13.2 Å². The van der Waals surface area contributed by atoms with Crippen molar-refractivity contribution in [3.63, 3.8) is 0 Å². The van der Waals surface area contributed by atoms with E-state index in [1.807, 2.05) is 31.7 Å². The molecule has 1 saturated heterocycles. The summed E-state index contributed by atoms with van der Waals surface area (Å²) in [6, 6.07) is 5.39. The van der Waals surface area contributed by atoms with Crippen molar-refractivity contribution in [3.05, 3.63) is 23.8 Å². The van der Waals surface area contributed by atoms with Gasteiger partial charge in [-0.1, -0.05) is 0 Å². The van der Waals surface area contributed by atoms with Crippen molar-refractivity contribution in [2.45, 2.75) is 31.3 Å². The molecule has 2 amide bonds. The molecule has 9 nitrogen and oxygen atoms in total. The third kappa shape index (κ3) is 4.27. The number of benzene rings is 1. The molecule has 4 rings (SSSR count). The Balaban J connectivity index is 1.42. The lowest BCUT2D eigenvalue weighted by Crippen LogP contribution is -2.51. The summed E-state index contributed by atoms with van der Waals surface area (Å²) in [7, 11) is -3.41. The van der Waals surface area contributed by atoms with Gasteiger partial charge in [0.2, 0.25) is 0 Å². The number of anilines is 1. The second kappa shape index (κ2) is 7.45. The molecule has 0 N–H and O–H groups in total. The predicted octanol–water partition coefficient (Wildman–Crippen LogP) is 1.99. The maximum atomic E-state index is 13.0. The minimum absolute atomic E-state index is 0.0148. The fourth-order valence-electron chi connectivity index (χ4n) is 3.46. The number of fused-ring (bicyclic) bond motifs is 3. The van der Waals surface area contributed by atoms with Crippen LogP contribution in [0.15, 0.2) is 27.5 Å². The first-order chi connectivity index (χ1) is 14.0. The maximum Gasteiger partial charge on any atom is 0.410 e. The third-order valence-corrected chi connectivity index (χ3v) is 7.24. The Labute approximate surface area is 180 Å². The van der Waals surface area contributed by atoms with Gasteiger partial charge in [-0.05, 0) is 50.7 Å². The molecule has 162 valence electrons. The number of ether oxygens (including phenoxy) is 1. The van der Waals surface area contributed by atoms with E-state index in [4.69, 9.17) is 4.74 Å². The third-order valence-electron chi connectivity index (χ3n) is 4.94. The zero-order chi connectivity index (χ0) is 21.7. The van der Waals surface area contributed by atoms with E-state index in [-0.39, 0.29) is 17.8 Å². The highest BCUT2D eigenvalue weighted by atomic mass is 32.2. The van der Waals surface area contributed by atoms with Crippen LogP contribution >= 0.6 is 11.8 Å². The number of carbonyl (C=O) groups excluding carboxylic acids is 2. The van der Waals surface area contributed by atoms with Gasteiger partial charge in [0.05, 0.1) is 11.4 Å². The molecule has 3 aliphatic rings. The Hall–Kier alpha value is -2.27. The van der Waals surface area contributed by atoms with Gasteiger partial charge in [0.1, 0.15) is 5.60 Å². The lowest BCUT2D eigenvalue weighted by Gasteiger charge is -2.35. The molecule has 3 heterocycles. The van der Waals surface area contributed by atoms with Crippen LogP contribution in [0.25, 0.3) is 0 Å². The minimum atomic E-state index is -3.41. The van der Waals surface area contributed by atoms with Gasteiger partial charge >= 0.3 is 6.09 Å². The van der Waals surface area contributed by atoms with Crippen molar-refractivity contribution < 1.29 is 22.7 Å². The molecule has 0 spiro atoms. The molecule has 1 aromatic rings. The van der Waals surface area contributed by atoms with Crippen LogP contribution in [-0.2, 0) is 14.8 Å². The minimum Gasteiger partial charge on any atom is -0.444 e. The summed E-state index contributed by atoms with van der Waals surface area (Å²) in [5.41, 5.74) is 0.860. The van der Waals surface area contributed by atoms with Gasteiger partial charge in [-0.15, -0.1) is 4.40 Å². The number of rotatable bonds is 1. The van der Waals surface area contributed by atoms with E-state index in [1.165, 1.54) is 11.8 Å². The number of carbonyl (C=O) groups is 2. The molecule has 0 unspecified atom stereocenters. The average molecular weight is 453 g/mol. The topological polar surface area (TPSA) is 99.6 Å². The molecule has 1 aromatic carbocycles. The summed E-state index contributed by atoms with van der Waals surface area (Å²) in [4.78, 5) is 31.2. The first kappa shape index (κ1) is 21.0. The molecule has 0 radical (unpaired) electrons. The lowest BCUT2D eigenvalue weighted by molar-refractivity contribution is 0.0141. The Kier molecular flexibility index (Phi) is 5.21. The van der Waals surface area contributed by atoms with Crippen LogP contribution in [0.1, 0.15) is 31.1 Å². The zero-order valence-corrected chi connectivity index (χ0v) is 18.8. The normalized spacial score (nSPS) is 20.4. The van der Waals surface area contributed by atoms with Crippen LogP contribution in [-0.4, -0.2) is 79.5 Å². The number of thioether (sulfide) groups is 1. The Morgan fingerprint density at radius 3 is 2.40 bits per heavy atom. The van der Waals surface area contributed by atoms with Gasteiger partial charge in [-0.3, -0.25) is 4.79 Å². The number of amides is 2. The largest absolute Gasteiger partial charge is 0.444 e. The van der Waals surface area contributed by atoms with E-state index < -0.39 is 15.6 Å². The van der Waals surface area contributed by atoms with Crippen LogP contribution in [0.4, 0.5) is 10.5 Å². The molecule has 1 fully saturated rings. The highest BCUT2D eigenvalue weighted by Gasteiger charge is 2.34. The summed E-state index contributed by atoms with van der Waals surface area (Å²) < 4.78 is 32.7. The van der Waals surface area contributed by atoms with Crippen LogP contribution in [0.5, 0.6) is 0 Å². The van der Waals surface area contributed by atoms with Crippen LogP contribution in [0.2, 0.25) is 0 Å². The smallest absolute Gasteiger partial charge is 0.410 e. The van der Waals surface area contributed by atoms with Gasteiger partial charge < -0.3 is 19.4 Å². The van der Waals surface area contributed by atoms with E-state index in [9.17, 15) is 18.0 Å². The highest BCUT2D eigenvalue weighted by Crippen LogP contribution is 2.42. The van der Waals surface area contributed by atoms with Crippen molar-refractivity contribution in [2.75, 3.05) is 43.4 Å². The molecule has 0 saturated carbocycles. The Morgan fingerprint density at radius 2 is 1.73 bits per heavy atom. The number of sulfonamides is 1. The number of amidine groups is 1. The van der Waals surface area contributed by atoms with E-state index in [0.717, 1.165) is 10.6 Å². The summed E-state index contributed by atoms with van der Waals surface area (Å²) in [5.74, 6) is -0.124. The summed E-state index contributed by atoms with van der Waals surface area (Å²) >= 11 is 1.27. The van der Waals surface area contributed by atoms with Gasteiger partial charge in [0, 0.05) is 43.2 Å². The summed E-state index contributed by atoms with van der Waals surface area (Å²) in [6.45, 7) is 7.53. The van der Waals surface area contributed by atoms with Crippen LogP contribution in [0.3, 0.4) is 0 Å². The first-order valence-electron chi connectivity index (χ1n) is 9.72. The van der Waals surface area contributed by atoms with Crippen LogP contribution in [0, 0.1) is 0 Å². The van der Waals surface area contributed by atoms with Gasteiger partial charge in [-0.2, -0.15) is 0 Å². The molecular weight excluding hydrogens is 428 g/mol. The number of hydrogen-bond acceptors (Lipinski definition) is 7. The zero-order valence-electron chi connectivity index (χ0n) is 17.1. The Morgan fingerprint density at radius 1 is 1.07 bits per heavy atom. The second-order valence-corrected chi connectivity index (χ2v) is 11.1. The SMILES string of the molecule is CC(C)(C)OC(=O)N1CCN(C(=O)c2ccc3c(c2)SC2=NS(=O)(=O)CCN23)CC1. The van der Waals surface area contributed by atoms with E-state index >= 15 is 0 Å². The van der Waals surface area contributed by atoms with Crippen molar-refractivity contribution in [2.24, 2.45) is 4.40 Å². The predicted molar refractivity (Wildman–Crippen MR) is 115 cm³/mol. The number of hydrogen-bond donors (Lipinski definition) is 0. The number of nitrogens with zero attached hydrogens (tertiary/aromatic N) is 4. The van der Waals surface area contributed by atoms with Crippen molar-refractivity contribution in [1.82, 2.24) is 9.80 Å². The number of piperazine rings is 1. The van der Waals surface area contributed by atoms with E-state index in [0.29, 0.717) is 43.5 Å². The van der Waals surface area contributed by atoms with Crippen LogP contribution < -0.4 is 4.90 Å². The molecule has 0 aromatic heterocycles. The summed E-state index contributed by atoms with van der Waals surface area (Å²) in [6.07, 6.45) is -0.365. The van der Waals surface area contributed by atoms with Gasteiger partial charge in [0.25, 0.3) is 15.9 Å². The van der Waals surface area contributed by atoms with Gasteiger partial charge in [0.15, 0.2) is 5.17 Å². The molecule has 30 heavy (non-hydrogen) atoms. The monoisotopic (exact) mass is 452 g/mol. The second-order valence-electron chi connectivity index (χ2n) is 8.36. The quantitative estimate of drug-likeness (QED) is 0.642. The molecule has 0 atom stereocenters. The summed E-state index contributed by atoms with van der Waals surface area (Å²) in [5, 5.41) is 0.437. The van der Waals surface area contributed by atoms with Crippen molar-refractivity contribution >= 4 is 44.6 Å². The van der Waals surface area contributed by atoms with E-state index in [2.05, 4.69) is 4.40 Å². The molecule has 0 bridgehead atoms.